The van der Waals surface area contributed by atoms with Crippen molar-refractivity contribution in [2.24, 2.45) is 0 Å². The molecule has 0 radical (unpaired) electrons. The second-order valence-corrected chi connectivity index (χ2v) is 5.33. The first kappa shape index (κ1) is 19.8. The number of amides is 1. The number of carbonyl (C=O) groups excluding carboxylic acids is 4. The number of ether oxygens (including phenoxy) is 4. The van der Waals surface area contributed by atoms with Crippen molar-refractivity contribution in [1.29, 1.82) is 0 Å². The van der Waals surface area contributed by atoms with Crippen LogP contribution in [0.1, 0.15) is 34.1 Å². The van der Waals surface area contributed by atoms with Gasteiger partial charge in [0, 0.05) is 27.7 Å². The van der Waals surface area contributed by atoms with Crippen LogP contribution in [0.25, 0.3) is 0 Å². The summed E-state index contributed by atoms with van der Waals surface area (Å²) >= 11 is 0. The van der Waals surface area contributed by atoms with Gasteiger partial charge >= 0.3 is 17.9 Å². The zero-order valence-electron chi connectivity index (χ0n) is 13.9. The van der Waals surface area contributed by atoms with Crippen molar-refractivity contribution in [1.82, 2.24) is 5.32 Å². The molecule has 0 bridgehead atoms. The fourth-order valence-corrected chi connectivity index (χ4v) is 2.35. The average Bonchev–Trinajstić information content (AvgIpc) is 2.37. The first-order chi connectivity index (χ1) is 11.0. The van der Waals surface area contributed by atoms with Gasteiger partial charge in [0.05, 0.1) is 6.42 Å². The molecule has 1 heterocycles. The van der Waals surface area contributed by atoms with Crippen LogP contribution >= 0.6 is 0 Å². The third-order valence-electron chi connectivity index (χ3n) is 2.99. The normalized spacial score (nSPS) is 29.3. The second kappa shape index (κ2) is 8.06. The summed E-state index contributed by atoms with van der Waals surface area (Å²) in [5.74, 6) is -4.62. The van der Waals surface area contributed by atoms with E-state index in [2.05, 4.69) is 5.32 Å². The quantitative estimate of drug-likeness (QED) is 0.364. The summed E-state index contributed by atoms with van der Waals surface area (Å²) in [6.07, 6.45) is -4.04. The van der Waals surface area contributed by atoms with E-state index in [1.807, 2.05) is 0 Å². The molecule has 1 rings (SSSR count). The highest BCUT2D eigenvalue weighted by Crippen LogP contribution is 2.31. The lowest BCUT2D eigenvalue weighted by molar-refractivity contribution is -0.321. The molecule has 24 heavy (non-hydrogen) atoms. The Hall–Kier alpha value is -2.20. The molecule has 1 aliphatic rings. The topological polar surface area (TPSA) is 137 Å². The second-order valence-electron chi connectivity index (χ2n) is 5.33. The summed E-state index contributed by atoms with van der Waals surface area (Å²) in [6.45, 7) is 4.18. The first-order valence-electron chi connectivity index (χ1n) is 7.19. The lowest BCUT2D eigenvalue weighted by Gasteiger charge is -2.44. The summed E-state index contributed by atoms with van der Waals surface area (Å²) < 4.78 is 20.4. The molecule has 2 N–H and O–H groups in total. The predicted molar refractivity (Wildman–Crippen MR) is 76.0 cm³/mol. The smallest absolute Gasteiger partial charge is 0.306 e. The van der Waals surface area contributed by atoms with Gasteiger partial charge < -0.3 is 24.1 Å². The standard InChI is InChI=1S/C14H21NO9/c1-7(16)15-14(23-10(4)19)5-11(20)13(22-9(3)18)12(24-14)6-21-8(2)17/h11-13,20H,5-6H2,1-4H3,(H,15,16)/t11-,12-,13-,14+/m1/s1. The van der Waals surface area contributed by atoms with Gasteiger partial charge in [0.15, 0.2) is 6.10 Å². The SMILES string of the molecule is CC(=O)N[C@]1(OC(C)=O)C[C@@H](O)[C@@H](OC(C)=O)[C@@H](COC(C)=O)O1. The third-order valence-corrected chi connectivity index (χ3v) is 2.99. The summed E-state index contributed by atoms with van der Waals surface area (Å²) in [5.41, 5.74) is 0. The zero-order valence-corrected chi connectivity index (χ0v) is 13.9. The minimum atomic E-state index is -1.96. The van der Waals surface area contributed by atoms with Crippen LogP contribution in [-0.4, -0.2) is 59.8 Å². The molecule has 1 saturated heterocycles. The molecule has 0 aromatic carbocycles. The average molecular weight is 347 g/mol. The van der Waals surface area contributed by atoms with Gasteiger partial charge in [-0.15, -0.1) is 0 Å². The largest absolute Gasteiger partial charge is 0.463 e. The van der Waals surface area contributed by atoms with Crippen molar-refractivity contribution in [3.63, 3.8) is 0 Å². The molecule has 0 aliphatic carbocycles. The summed E-state index contributed by atoms with van der Waals surface area (Å²) in [5, 5.41) is 12.6. The molecule has 10 heteroatoms. The van der Waals surface area contributed by atoms with Crippen LogP contribution in [0.15, 0.2) is 0 Å². The molecule has 0 aromatic heterocycles. The Kier molecular flexibility index (Phi) is 6.67. The van der Waals surface area contributed by atoms with E-state index < -0.39 is 48.0 Å². The van der Waals surface area contributed by atoms with Crippen LogP contribution in [0.4, 0.5) is 0 Å². The number of aliphatic hydroxyl groups is 1. The maximum absolute atomic E-state index is 11.4. The van der Waals surface area contributed by atoms with Crippen molar-refractivity contribution in [3.8, 4) is 0 Å². The monoisotopic (exact) mass is 347 g/mol. The molecular weight excluding hydrogens is 326 g/mol. The highest BCUT2D eigenvalue weighted by atomic mass is 16.8. The van der Waals surface area contributed by atoms with Gasteiger partial charge in [-0.2, -0.15) is 0 Å². The minimum Gasteiger partial charge on any atom is -0.463 e. The van der Waals surface area contributed by atoms with E-state index >= 15 is 0 Å². The number of hydrogen-bond donors (Lipinski definition) is 2. The Morgan fingerprint density at radius 3 is 2.21 bits per heavy atom. The van der Waals surface area contributed by atoms with E-state index in [0.717, 1.165) is 20.8 Å². The van der Waals surface area contributed by atoms with Crippen LogP contribution in [-0.2, 0) is 38.1 Å². The molecule has 1 aliphatic heterocycles. The number of hydrogen-bond acceptors (Lipinski definition) is 9. The third kappa shape index (κ3) is 5.78. The molecule has 4 atom stereocenters. The van der Waals surface area contributed by atoms with Crippen molar-refractivity contribution in [2.75, 3.05) is 6.61 Å². The van der Waals surface area contributed by atoms with E-state index in [9.17, 15) is 24.3 Å². The molecule has 1 amide bonds. The van der Waals surface area contributed by atoms with Gasteiger partial charge in [0.1, 0.15) is 18.8 Å². The van der Waals surface area contributed by atoms with Crippen LogP contribution in [0.3, 0.4) is 0 Å². The zero-order chi connectivity index (χ0) is 18.5. The van der Waals surface area contributed by atoms with Gasteiger partial charge in [0.2, 0.25) is 5.91 Å². The van der Waals surface area contributed by atoms with E-state index in [1.54, 1.807) is 0 Å². The van der Waals surface area contributed by atoms with Crippen LogP contribution < -0.4 is 5.32 Å². The maximum atomic E-state index is 11.4. The first-order valence-corrected chi connectivity index (χ1v) is 7.19. The van der Waals surface area contributed by atoms with Crippen molar-refractivity contribution >= 4 is 23.8 Å². The van der Waals surface area contributed by atoms with Gasteiger partial charge in [-0.3, -0.25) is 24.5 Å². The van der Waals surface area contributed by atoms with Crippen molar-refractivity contribution < 1.29 is 43.2 Å². The number of esters is 3. The Bertz CT molecular complexity index is 502. The Balaban J connectivity index is 3.08. The van der Waals surface area contributed by atoms with Crippen molar-refractivity contribution in [3.05, 3.63) is 0 Å². The van der Waals surface area contributed by atoms with Gasteiger partial charge in [-0.1, -0.05) is 0 Å². The molecular formula is C14H21NO9. The molecule has 0 aromatic rings. The Morgan fingerprint density at radius 2 is 1.75 bits per heavy atom. The fraction of sp³-hybridized carbons (Fsp3) is 0.714. The molecule has 136 valence electrons. The predicted octanol–water partition coefficient (Wildman–Crippen LogP) is -1.02. The molecule has 0 unspecified atom stereocenters. The molecule has 1 fully saturated rings. The van der Waals surface area contributed by atoms with Gasteiger partial charge in [-0.05, 0) is 0 Å². The van der Waals surface area contributed by atoms with Crippen LogP contribution in [0.2, 0.25) is 0 Å². The van der Waals surface area contributed by atoms with E-state index in [1.165, 1.54) is 6.92 Å². The Labute approximate surface area is 138 Å². The molecule has 10 nitrogen and oxygen atoms in total. The highest BCUT2D eigenvalue weighted by Gasteiger charge is 2.51. The fourth-order valence-electron chi connectivity index (χ4n) is 2.35. The van der Waals surface area contributed by atoms with Gasteiger partial charge in [-0.25, -0.2) is 0 Å². The number of carbonyl (C=O) groups is 4. The number of nitrogens with one attached hydrogen (secondary N) is 1. The van der Waals surface area contributed by atoms with Crippen LogP contribution in [0, 0.1) is 0 Å². The maximum Gasteiger partial charge on any atom is 0.306 e. The summed E-state index contributed by atoms with van der Waals surface area (Å²) in [6, 6.07) is 0. The highest BCUT2D eigenvalue weighted by molar-refractivity contribution is 5.74. The van der Waals surface area contributed by atoms with Crippen LogP contribution in [0.5, 0.6) is 0 Å². The Morgan fingerprint density at radius 1 is 1.12 bits per heavy atom. The molecule has 0 saturated carbocycles. The lowest BCUT2D eigenvalue weighted by atomic mass is 9.99. The lowest BCUT2D eigenvalue weighted by Crippen LogP contribution is -2.65. The minimum absolute atomic E-state index is 0.374. The molecule has 0 spiro atoms. The summed E-state index contributed by atoms with van der Waals surface area (Å²) in [4.78, 5) is 45.0. The van der Waals surface area contributed by atoms with E-state index in [4.69, 9.17) is 18.9 Å². The van der Waals surface area contributed by atoms with E-state index in [-0.39, 0.29) is 13.0 Å². The summed E-state index contributed by atoms with van der Waals surface area (Å²) in [7, 11) is 0. The number of rotatable bonds is 5. The van der Waals surface area contributed by atoms with E-state index in [0.29, 0.717) is 0 Å². The van der Waals surface area contributed by atoms with Gasteiger partial charge in [0.25, 0.3) is 5.91 Å². The number of aliphatic hydroxyl groups excluding tert-OH is 1. The van der Waals surface area contributed by atoms with Crippen molar-refractivity contribution in [2.45, 2.75) is 58.3 Å².